The molecule has 2 aromatic rings. The number of rotatable bonds is 4. The highest BCUT2D eigenvalue weighted by atomic mass is 79.9. The standard InChI is InChI=1S/C14H14BrN3O3/c1-3-21-14(20)9-4-6-10(7-5-9)16-12-13(19)18(2)8-11(15)17-12/h4-8H,3H2,1-2H3,(H,16,17). The maximum absolute atomic E-state index is 11.9. The van der Waals surface area contributed by atoms with Crippen LogP contribution in [-0.4, -0.2) is 22.1 Å². The van der Waals surface area contributed by atoms with E-state index in [9.17, 15) is 9.59 Å². The summed E-state index contributed by atoms with van der Waals surface area (Å²) in [5.41, 5.74) is 0.871. The van der Waals surface area contributed by atoms with Gasteiger partial charge in [-0.15, -0.1) is 0 Å². The Balaban J connectivity index is 2.21. The van der Waals surface area contributed by atoms with Gasteiger partial charge in [0.15, 0.2) is 5.82 Å². The molecule has 7 heteroatoms. The highest BCUT2D eigenvalue weighted by Gasteiger charge is 2.08. The minimum atomic E-state index is -0.374. The minimum Gasteiger partial charge on any atom is -0.462 e. The van der Waals surface area contributed by atoms with Gasteiger partial charge in [0.25, 0.3) is 5.56 Å². The molecule has 0 saturated carbocycles. The number of nitrogens with one attached hydrogen (secondary N) is 1. The van der Waals surface area contributed by atoms with E-state index < -0.39 is 0 Å². The third-order valence-electron chi connectivity index (χ3n) is 2.70. The maximum Gasteiger partial charge on any atom is 0.338 e. The second kappa shape index (κ2) is 6.53. The minimum absolute atomic E-state index is 0.204. The number of hydrogen-bond donors (Lipinski definition) is 1. The number of aryl methyl sites for hydroxylation is 1. The van der Waals surface area contributed by atoms with E-state index in [1.54, 1.807) is 44.4 Å². The van der Waals surface area contributed by atoms with Crippen LogP contribution in [0.25, 0.3) is 0 Å². The molecule has 1 aromatic heterocycles. The smallest absolute Gasteiger partial charge is 0.338 e. The lowest BCUT2D eigenvalue weighted by Crippen LogP contribution is -2.21. The van der Waals surface area contributed by atoms with Gasteiger partial charge in [0.2, 0.25) is 0 Å². The van der Waals surface area contributed by atoms with E-state index in [1.807, 2.05) is 0 Å². The van der Waals surface area contributed by atoms with Crippen LogP contribution in [0.5, 0.6) is 0 Å². The number of esters is 1. The summed E-state index contributed by atoms with van der Waals surface area (Å²) in [4.78, 5) is 27.6. The highest BCUT2D eigenvalue weighted by Crippen LogP contribution is 2.15. The molecule has 21 heavy (non-hydrogen) atoms. The van der Waals surface area contributed by atoms with Crippen molar-refractivity contribution >= 4 is 33.4 Å². The van der Waals surface area contributed by atoms with Crippen LogP contribution >= 0.6 is 15.9 Å². The predicted octanol–water partition coefficient (Wildman–Crippen LogP) is 2.46. The van der Waals surface area contributed by atoms with E-state index in [-0.39, 0.29) is 17.3 Å². The molecule has 2 rings (SSSR count). The van der Waals surface area contributed by atoms with Crippen LogP contribution in [0, 0.1) is 0 Å². The molecule has 110 valence electrons. The first-order valence-corrected chi connectivity index (χ1v) is 7.08. The van der Waals surface area contributed by atoms with Gasteiger partial charge in [-0.1, -0.05) is 0 Å². The molecule has 1 heterocycles. The normalized spacial score (nSPS) is 10.2. The van der Waals surface area contributed by atoms with Gasteiger partial charge >= 0.3 is 5.97 Å². The number of halogens is 1. The number of hydrogen-bond acceptors (Lipinski definition) is 5. The van der Waals surface area contributed by atoms with Gasteiger partial charge in [0.1, 0.15) is 4.60 Å². The van der Waals surface area contributed by atoms with Crippen molar-refractivity contribution < 1.29 is 9.53 Å². The SMILES string of the molecule is CCOC(=O)c1ccc(Nc2nc(Br)cn(C)c2=O)cc1. The Hall–Kier alpha value is -2.15. The van der Waals surface area contributed by atoms with Crippen molar-refractivity contribution in [2.75, 3.05) is 11.9 Å². The molecule has 6 nitrogen and oxygen atoms in total. The third kappa shape index (κ3) is 3.69. The average Bonchev–Trinajstić information content (AvgIpc) is 2.45. The molecule has 0 saturated heterocycles. The Bertz CT molecular complexity index is 710. The summed E-state index contributed by atoms with van der Waals surface area (Å²) in [7, 11) is 1.64. The summed E-state index contributed by atoms with van der Waals surface area (Å²) < 4.78 is 6.88. The Kier molecular flexibility index (Phi) is 4.74. The Morgan fingerprint density at radius 3 is 2.67 bits per heavy atom. The van der Waals surface area contributed by atoms with E-state index in [2.05, 4.69) is 26.2 Å². The molecule has 0 aliphatic heterocycles. The van der Waals surface area contributed by atoms with Gasteiger partial charge in [-0.05, 0) is 47.1 Å². The third-order valence-corrected chi connectivity index (χ3v) is 3.08. The largest absolute Gasteiger partial charge is 0.462 e. The number of aromatic nitrogens is 2. The fraction of sp³-hybridized carbons (Fsp3) is 0.214. The van der Waals surface area contributed by atoms with Gasteiger partial charge in [0, 0.05) is 18.9 Å². The number of benzene rings is 1. The lowest BCUT2D eigenvalue weighted by Gasteiger charge is -2.08. The highest BCUT2D eigenvalue weighted by molar-refractivity contribution is 9.10. The number of carbonyl (C=O) groups is 1. The second-order valence-corrected chi connectivity index (χ2v) is 5.06. The topological polar surface area (TPSA) is 73.2 Å². The summed E-state index contributed by atoms with van der Waals surface area (Å²) >= 11 is 3.24. The number of anilines is 2. The van der Waals surface area contributed by atoms with Crippen LogP contribution in [0.4, 0.5) is 11.5 Å². The first kappa shape index (κ1) is 15.2. The van der Waals surface area contributed by atoms with Gasteiger partial charge in [0.05, 0.1) is 12.2 Å². The van der Waals surface area contributed by atoms with Crippen molar-refractivity contribution in [2.45, 2.75) is 6.92 Å². The lowest BCUT2D eigenvalue weighted by atomic mass is 10.2. The van der Waals surface area contributed by atoms with Crippen molar-refractivity contribution in [2.24, 2.45) is 7.05 Å². The first-order valence-electron chi connectivity index (χ1n) is 6.28. The molecule has 0 aliphatic carbocycles. The molecule has 0 amide bonds. The van der Waals surface area contributed by atoms with Gasteiger partial charge in [-0.2, -0.15) is 0 Å². The molecule has 0 fully saturated rings. The number of nitrogens with zero attached hydrogens (tertiary/aromatic N) is 2. The Labute approximate surface area is 129 Å². The molecule has 0 spiro atoms. The van der Waals surface area contributed by atoms with Crippen LogP contribution < -0.4 is 10.9 Å². The lowest BCUT2D eigenvalue weighted by molar-refractivity contribution is 0.0526. The van der Waals surface area contributed by atoms with E-state index in [4.69, 9.17) is 4.74 Å². The molecular formula is C14H14BrN3O3. The summed E-state index contributed by atoms with van der Waals surface area (Å²) in [6.45, 7) is 2.08. The van der Waals surface area contributed by atoms with E-state index in [0.29, 0.717) is 22.5 Å². The number of ether oxygens (including phenoxy) is 1. The van der Waals surface area contributed by atoms with Crippen LogP contribution in [0.2, 0.25) is 0 Å². The predicted molar refractivity (Wildman–Crippen MR) is 82.9 cm³/mol. The van der Waals surface area contributed by atoms with Crippen LogP contribution in [-0.2, 0) is 11.8 Å². The van der Waals surface area contributed by atoms with Crippen LogP contribution in [0.15, 0.2) is 39.9 Å². The first-order chi connectivity index (χ1) is 10.0. The molecule has 0 unspecified atom stereocenters. The van der Waals surface area contributed by atoms with Crippen molar-refractivity contribution in [1.82, 2.24) is 9.55 Å². The molecule has 1 aromatic carbocycles. The fourth-order valence-corrected chi connectivity index (χ4v) is 2.18. The molecular weight excluding hydrogens is 338 g/mol. The zero-order valence-corrected chi connectivity index (χ0v) is 13.2. The van der Waals surface area contributed by atoms with Gasteiger partial charge in [-0.3, -0.25) is 4.79 Å². The van der Waals surface area contributed by atoms with Crippen molar-refractivity contribution in [3.63, 3.8) is 0 Å². The zero-order chi connectivity index (χ0) is 15.4. The zero-order valence-electron chi connectivity index (χ0n) is 11.6. The average molecular weight is 352 g/mol. The summed E-state index contributed by atoms with van der Waals surface area (Å²) in [5.74, 6) is -0.170. The van der Waals surface area contributed by atoms with Crippen molar-refractivity contribution in [3.8, 4) is 0 Å². The van der Waals surface area contributed by atoms with Gasteiger partial charge in [-0.25, -0.2) is 9.78 Å². The van der Waals surface area contributed by atoms with Crippen molar-refractivity contribution in [1.29, 1.82) is 0 Å². The van der Waals surface area contributed by atoms with Crippen LogP contribution in [0.3, 0.4) is 0 Å². The summed E-state index contributed by atoms with van der Waals surface area (Å²) in [5, 5.41) is 2.93. The van der Waals surface area contributed by atoms with Crippen molar-refractivity contribution in [3.05, 3.63) is 51.0 Å². The molecule has 1 N–H and O–H groups in total. The maximum atomic E-state index is 11.9. The monoisotopic (exact) mass is 351 g/mol. The molecule has 0 aliphatic rings. The molecule has 0 radical (unpaired) electrons. The molecule has 0 atom stereocenters. The molecule has 0 bridgehead atoms. The van der Waals surface area contributed by atoms with Gasteiger partial charge < -0.3 is 14.6 Å². The summed E-state index contributed by atoms with van der Waals surface area (Å²) in [6.07, 6.45) is 1.58. The van der Waals surface area contributed by atoms with E-state index >= 15 is 0 Å². The summed E-state index contributed by atoms with van der Waals surface area (Å²) in [6, 6.07) is 6.63. The number of carbonyl (C=O) groups excluding carboxylic acids is 1. The Morgan fingerprint density at radius 1 is 1.38 bits per heavy atom. The second-order valence-electron chi connectivity index (χ2n) is 4.25. The van der Waals surface area contributed by atoms with Crippen LogP contribution in [0.1, 0.15) is 17.3 Å². The van der Waals surface area contributed by atoms with E-state index in [0.717, 1.165) is 0 Å². The Morgan fingerprint density at radius 2 is 2.05 bits per heavy atom. The van der Waals surface area contributed by atoms with E-state index in [1.165, 1.54) is 4.57 Å². The fourth-order valence-electron chi connectivity index (χ4n) is 1.69. The quantitative estimate of drug-likeness (QED) is 0.856.